The van der Waals surface area contributed by atoms with E-state index in [-0.39, 0.29) is 11.8 Å². The van der Waals surface area contributed by atoms with Gasteiger partial charge in [-0.05, 0) is 56.6 Å². The number of hydrogen-bond acceptors (Lipinski definition) is 6. The highest BCUT2D eigenvalue weighted by atomic mass is 15.0. The first-order valence-corrected chi connectivity index (χ1v) is 20.9. The molecule has 0 fully saturated rings. The maximum Gasteiger partial charge on any atom is 0.164 e. The van der Waals surface area contributed by atoms with E-state index < -0.39 is 0 Å². The molecular weight excluding hydrogens is 757 g/mol. The molecule has 0 spiro atoms. The Bertz CT molecular complexity index is 3220. The highest BCUT2D eigenvalue weighted by Crippen LogP contribution is 2.56. The summed E-state index contributed by atoms with van der Waals surface area (Å²) in [7, 11) is 0. The monoisotopic (exact) mass is 792 g/mol. The number of rotatable bonds is 7. The number of nitrogens with zero attached hydrogens (tertiary/aromatic N) is 6. The lowest BCUT2D eigenvalue weighted by Gasteiger charge is -2.42. The molecule has 0 saturated heterocycles. The SMILES string of the molecule is c1ccc(-c2ccc(-c3nc(-c4ccccc4)nc(-c4ccc5c(c4)C4c6ccccc6C5c5cc(-c6nc(-c7ccccc7)nc(-c7ccccc7)n6)ccc54)n3)cc2)cc1. The van der Waals surface area contributed by atoms with Crippen molar-refractivity contribution < 1.29 is 0 Å². The van der Waals surface area contributed by atoms with E-state index in [1.165, 1.54) is 38.9 Å². The van der Waals surface area contributed by atoms with Gasteiger partial charge in [0.1, 0.15) is 0 Å². The van der Waals surface area contributed by atoms with E-state index in [1.54, 1.807) is 0 Å². The zero-order valence-corrected chi connectivity index (χ0v) is 33.5. The molecule has 0 amide bonds. The van der Waals surface area contributed by atoms with Gasteiger partial charge in [0.15, 0.2) is 34.9 Å². The quantitative estimate of drug-likeness (QED) is 0.160. The van der Waals surface area contributed by atoms with Gasteiger partial charge < -0.3 is 0 Å². The normalized spacial score (nSPS) is 14.5. The van der Waals surface area contributed by atoms with Crippen LogP contribution in [0, 0.1) is 0 Å². The van der Waals surface area contributed by atoms with Crippen molar-refractivity contribution >= 4 is 0 Å². The summed E-state index contributed by atoms with van der Waals surface area (Å²) in [5.74, 6) is 3.96. The van der Waals surface area contributed by atoms with Crippen molar-refractivity contribution in [2.45, 2.75) is 11.8 Å². The van der Waals surface area contributed by atoms with Crippen LogP contribution in [0.2, 0.25) is 0 Å². The molecule has 2 unspecified atom stereocenters. The van der Waals surface area contributed by atoms with Crippen molar-refractivity contribution in [1.82, 2.24) is 29.9 Å². The molecule has 2 bridgehead atoms. The summed E-state index contributed by atoms with van der Waals surface area (Å²) in [6.07, 6.45) is 0. The third-order valence-corrected chi connectivity index (χ3v) is 12.2. The Morgan fingerprint density at radius 1 is 0.194 bits per heavy atom. The fourth-order valence-electron chi connectivity index (χ4n) is 9.23. The summed E-state index contributed by atoms with van der Waals surface area (Å²) in [5.41, 5.74) is 15.8. The Kier molecular flexibility index (Phi) is 8.52. The summed E-state index contributed by atoms with van der Waals surface area (Å²) in [6.45, 7) is 0. The van der Waals surface area contributed by atoms with Gasteiger partial charge >= 0.3 is 0 Å². The maximum absolute atomic E-state index is 5.16. The average Bonchev–Trinajstić information content (AvgIpc) is 3.36. The van der Waals surface area contributed by atoms with Crippen molar-refractivity contribution in [2.24, 2.45) is 0 Å². The van der Waals surface area contributed by atoms with Gasteiger partial charge in [-0.3, -0.25) is 0 Å². The molecule has 13 rings (SSSR count). The van der Waals surface area contributed by atoms with Crippen LogP contribution in [0.1, 0.15) is 45.2 Å². The molecule has 6 nitrogen and oxygen atoms in total. The molecule has 0 radical (unpaired) electrons. The van der Waals surface area contributed by atoms with Gasteiger partial charge in [-0.2, -0.15) is 0 Å². The first kappa shape index (κ1) is 35.7. The standard InChI is InChI=1S/C56H36N6/c1-5-15-35(16-6-1)36-25-27-40(28-26-36)54-58-53(39-21-11-4-12-22-39)61-56(62-54)42-30-32-46-48(34-42)50-44-24-14-13-23-43(44)49(46)47-33-41(29-31-45(47)50)55-59-51(37-17-7-2-8-18-37)57-52(60-55)38-19-9-3-10-20-38/h1-34,49-50H. The summed E-state index contributed by atoms with van der Waals surface area (Å²) < 4.78 is 0. The predicted octanol–water partition coefficient (Wildman–Crippen LogP) is 12.7. The van der Waals surface area contributed by atoms with Gasteiger partial charge in [0, 0.05) is 45.2 Å². The third-order valence-electron chi connectivity index (χ3n) is 12.2. The van der Waals surface area contributed by atoms with Crippen LogP contribution in [0.3, 0.4) is 0 Å². The number of aromatic nitrogens is 6. The molecule has 2 aromatic heterocycles. The zero-order valence-electron chi connectivity index (χ0n) is 33.5. The molecule has 8 aromatic carbocycles. The second-order valence-electron chi connectivity index (χ2n) is 15.8. The molecule has 3 aliphatic rings. The van der Waals surface area contributed by atoms with Crippen LogP contribution in [0.5, 0.6) is 0 Å². The molecular formula is C56H36N6. The van der Waals surface area contributed by atoms with Crippen LogP contribution in [-0.2, 0) is 0 Å². The number of benzene rings is 8. The van der Waals surface area contributed by atoms with Gasteiger partial charge in [-0.25, -0.2) is 29.9 Å². The minimum Gasteiger partial charge on any atom is -0.208 e. The lowest BCUT2D eigenvalue weighted by Crippen LogP contribution is -2.27. The van der Waals surface area contributed by atoms with Crippen molar-refractivity contribution in [3.05, 3.63) is 240 Å². The number of hydrogen-bond donors (Lipinski definition) is 0. The van der Waals surface area contributed by atoms with Crippen molar-refractivity contribution in [3.8, 4) is 79.5 Å². The molecule has 10 aromatic rings. The van der Waals surface area contributed by atoms with Crippen LogP contribution >= 0.6 is 0 Å². The highest BCUT2D eigenvalue weighted by molar-refractivity contribution is 5.76. The molecule has 2 heterocycles. The van der Waals surface area contributed by atoms with Crippen molar-refractivity contribution in [1.29, 1.82) is 0 Å². The fourth-order valence-corrected chi connectivity index (χ4v) is 9.23. The van der Waals surface area contributed by atoms with E-state index in [0.29, 0.717) is 34.9 Å². The lowest BCUT2D eigenvalue weighted by atomic mass is 9.61. The second-order valence-corrected chi connectivity index (χ2v) is 15.8. The van der Waals surface area contributed by atoms with E-state index in [0.717, 1.165) is 38.9 Å². The molecule has 2 atom stereocenters. The topological polar surface area (TPSA) is 77.3 Å². The Morgan fingerprint density at radius 3 is 0.806 bits per heavy atom. The van der Waals surface area contributed by atoms with E-state index >= 15 is 0 Å². The van der Waals surface area contributed by atoms with Crippen molar-refractivity contribution in [2.75, 3.05) is 0 Å². The first-order chi connectivity index (χ1) is 30.7. The first-order valence-electron chi connectivity index (χ1n) is 20.9. The van der Waals surface area contributed by atoms with E-state index in [2.05, 4.69) is 121 Å². The van der Waals surface area contributed by atoms with Gasteiger partial charge in [0.2, 0.25) is 0 Å². The molecule has 3 aliphatic carbocycles. The smallest absolute Gasteiger partial charge is 0.164 e. The van der Waals surface area contributed by atoms with E-state index in [1.807, 2.05) is 84.9 Å². The van der Waals surface area contributed by atoms with Crippen LogP contribution in [0.25, 0.3) is 79.5 Å². The predicted molar refractivity (Wildman–Crippen MR) is 246 cm³/mol. The molecule has 0 saturated carbocycles. The largest absolute Gasteiger partial charge is 0.208 e. The van der Waals surface area contributed by atoms with Gasteiger partial charge in [-0.15, -0.1) is 0 Å². The Labute approximate surface area is 359 Å². The molecule has 62 heavy (non-hydrogen) atoms. The summed E-state index contributed by atoms with van der Waals surface area (Å²) in [5, 5.41) is 0. The van der Waals surface area contributed by atoms with Crippen LogP contribution < -0.4 is 0 Å². The summed E-state index contributed by atoms with van der Waals surface area (Å²) >= 11 is 0. The van der Waals surface area contributed by atoms with Crippen LogP contribution in [0.15, 0.2) is 206 Å². The Balaban J connectivity index is 0.967. The Morgan fingerprint density at radius 2 is 0.435 bits per heavy atom. The molecule has 6 heteroatoms. The molecule has 0 aliphatic heterocycles. The van der Waals surface area contributed by atoms with Crippen molar-refractivity contribution in [3.63, 3.8) is 0 Å². The third kappa shape index (κ3) is 6.20. The summed E-state index contributed by atoms with van der Waals surface area (Å²) in [4.78, 5) is 30.4. The second kappa shape index (κ2) is 14.8. The lowest BCUT2D eigenvalue weighted by molar-refractivity contribution is 0.754. The minimum absolute atomic E-state index is 0.0359. The van der Waals surface area contributed by atoms with E-state index in [9.17, 15) is 0 Å². The fraction of sp³-hybridized carbons (Fsp3) is 0.0357. The maximum atomic E-state index is 5.16. The van der Waals surface area contributed by atoms with Gasteiger partial charge in [0.25, 0.3) is 0 Å². The van der Waals surface area contributed by atoms with Gasteiger partial charge in [0.05, 0.1) is 0 Å². The summed E-state index contributed by atoms with van der Waals surface area (Å²) in [6, 6.07) is 71.8. The average molecular weight is 793 g/mol. The van der Waals surface area contributed by atoms with Crippen LogP contribution in [-0.4, -0.2) is 29.9 Å². The Hall–Kier alpha value is -8.22. The molecule has 290 valence electrons. The molecule has 0 N–H and O–H groups in total. The highest BCUT2D eigenvalue weighted by Gasteiger charge is 2.41. The van der Waals surface area contributed by atoms with E-state index in [4.69, 9.17) is 29.9 Å². The van der Waals surface area contributed by atoms with Crippen LogP contribution in [0.4, 0.5) is 0 Å². The minimum atomic E-state index is 0.0359. The van der Waals surface area contributed by atoms with Gasteiger partial charge in [-0.1, -0.05) is 194 Å². The zero-order chi connectivity index (χ0) is 41.0.